The van der Waals surface area contributed by atoms with Crippen molar-refractivity contribution in [3.05, 3.63) is 12.2 Å². The van der Waals surface area contributed by atoms with Crippen molar-refractivity contribution >= 4 is 21.7 Å². The van der Waals surface area contributed by atoms with Gasteiger partial charge in [-0.3, -0.25) is 0 Å². The molecule has 0 atom stereocenters. The number of Topliss-reactive ketones (excluding diaryl/α,β-unsaturated/α-hetero) is 1. The number of allylic oxidation sites excluding steroid dienone is 1. The minimum absolute atomic E-state index is 0.167. The van der Waals surface area contributed by atoms with E-state index < -0.39 is 0 Å². The molecule has 0 bridgehead atoms. The van der Waals surface area contributed by atoms with Crippen molar-refractivity contribution in [2.45, 2.75) is 13.8 Å². The van der Waals surface area contributed by atoms with Crippen LogP contribution >= 0.6 is 15.9 Å². The van der Waals surface area contributed by atoms with Crippen LogP contribution in [0.1, 0.15) is 13.8 Å². The summed E-state index contributed by atoms with van der Waals surface area (Å²) in [4.78, 5) is 9.44. The second kappa shape index (κ2) is 8.38. The zero-order chi connectivity index (χ0) is 8.57. The van der Waals surface area contributed by atoms with E-state index in [1.54, 1.807) is 0 Å². The lowest BCUT2D eigenvalue weighted by atomic mass is 10.4. The first-order chi connectivity index (χ1) is 4.54. The highest BCUT2D eigenvalue weighted by Gasteiger charge is 1.79. The molecule has 3 heteroatoms. The van der Waals surface area contributed by atoms with Crippen molar-refractivity contribution in [1.82, 2.24) is 0 Å². The summed E-state index contributed by atoms with van der Waals surface area (Å²) < 4.78 is 0. The summed E-state index contributed by atoms with van der Waals surface area (Å²) >= 11 is 3.05. The van der Waals surface area contributed by atoms with Gasteiger partial charge >= 0.3 is 0 Å². The molecule has 0 unspecified atom stereocenters. The molecule has 0 radical (unpaired) electrons. The molecular formula is C7H10BrNO. The van der Waals surface area contributed by atoms with Gasteiger partial charge in [-0.15, -0.1) is 0 Å². The third-order valence-corrected chi connectivity index (χ3v) is 0.996. The number of carbonyl (C=O) groups excluding carboxylic acids is 1. The quantitative estimate of drug-likeness (QED) is 0.484. The average Bonchev–Trinajstić information content (AvgIpc) is 1.85. The number of rotatable bonds is 1. The van der Waals surface area contributed by atoms with Crippen LogP contribution in [0.3, 0.4) is 0 Å². The SMILES string of the molecule is C=C(C#N)CBr.CC(C)=O. The van der Waals surface area contributed by atoms with E-state index in [1.807, 2.05) is 6.07 Å². The highest BCUT2D eigenvalue weighted by atomic mass is 79.9. The van der Waals surface area contributed by atoms with Crippen LogP contribution in [0, 0.1) is 11.3 Å². The molecule has 0 heterocycles. The van der Waals surface area contributed by atoms with E-state index in [-0.39, 0.29) is 5.78 Å². The lowest BCUT2D eigenvalue weighted by Gasteiger charge is -1.74. The van der Waals surface area contributed by atoms with Crippen LogP contribution in [0.5, 0.6) is 0 Å². The lowest BCUT2D eigenvalue weighted by Crippen LogP contribution is -1.69. The number of hydrogen-bond acceptors (Lipinski definition) is 2. The fourth-order valence-electron chi connectivity index (χ4n) is 0.0299. The first kappa shape index (κ1) is 12.1. The molecule has 0 fully saturated rings. The fourth-order valence-corrected chi connectivity index (χ4v) is 0.155. The number of hydrogen-bond donors (Lipinski definition) is 0. The zero-order valence-corrected chi connectivity index (χ0v) is 7.73. The first-order valence-corrected chi connectivity index (χ1v) is 3.77. The van der Waals surface area contributed by atoms with Gasteiger partial charge in [0, 0.05) is 10.9 Å². The van der Waals surface area contributed by atoms with Crippen LogP contribution in [0.2, 0.25) is 0 Å². The van der Waals surface area contributed by atoms with Gasteiger partial charge in [0.25, 0.3) is 0 Å². The third kappa shape index (κ3) is 26.3. The van der Waals surface area contributed by atoms with Gasteiger partial charge in [0.1, 0.15) is 5.78 Å². The molecule has 0 aromatic carbocycles. The van der Waals surface area contributed by atoms with Gasteiger partial charge in [0.2, 0.25) is 0 Å². The van der Waals surface area contributed by atoms with Gasteiger partial charge in [-0.2, -0.15) is 5.26 Å². The molecule has 10 heavy (non-hydrogen) atoms. The Morgan fingerprint density at radius 1 is 1.70 bits per heavy atom. The maximum atomic E-state index is 9.44. The number of halogens is 1. The topological polar surface area (TPSA) is 40.9 Å². The molecule has 0 spiro atoms. The molecular weight excluding hydrogens is 194 g/mol. The standard InChI is InChI=1S/C4H4BrN.C3H6O/c1-4(2-5)3-6;1-3(2)4/h1-2H2;1-2H3. The molecule has 0 aliphatic rings. The smallest absolute Gasteiger partial charge is 0.126 e. The van der Waals surface area contributed by atoms with E-state index in [4.69, 9.17) is 5.26 Å². The Kier molecular flexibility index (Phi) is 10.1. The van der Waals surface area contributed by atoms with Crippen molar-refractivity contribution in [2.75, 3.05) is 5.33 Å². The largest absolute Gasteiger partial charge is 0.300 e. The second-order valence-electron chi connectivity index (χ2n) is 1.76. The molecule has 0 aliphatic heterocycles. The number of alkyl halides is 1. The molecule has 0 N–H and O–H groups in total. The monoisotopic (exact) mass is 203 g/mol. The Labute approximate surface area is 69.7 Å². The summed E-state index contributed by atoms with van der Waals surface area (Å²) in [6.07, 6.45) is 0. The highest BCUT2D eigenvalue weighted by Crippen LogP contribution is 1.90. The van der Waals surface area contributed by atoms with Gasteiger partial charge in [-0.1, -0.05) is 22.5 Å². The van der Waals surface area contributed by atoms with Crippen LogP contribution in [-0.4, -0.2) is 11.1 Å². The third-order valence-electron chi connectivity index (χ3n) is 0.319. The van der Waals surface area contributed by atoms with Crippen molar-refractivity contribution in [1.29, 1.82) is 5.26 Å². The number of ketones is 1. The average molecular weight is 204 g/mol. The Morgan fingerprint density at radius 3 is 2.00 bits per heavy atom. The number of nitriles is 1. The van der Waals surface area contributed by atoms with Crippen LogP contribution < -0.4 is 0 Å². The van der Waals surface area contributed by atoms with Gasteiger partial charge in [0.15, 0.2) is 0 Å². The van der Waals surface area contributed by atoms with Crippen LogP contribution in [-0.2, 0) is 4.79 Å². The molecule has 0 aromatic rings. The van der Waals surface area contributed by atoms with E-state index in [0.717, 1.165) is 0 Å². The minimum atomic E-state index is 0.167. The van der Waals surface area contributed by atoms with Crippen molar-refractivity contribution < 1.29 is 4.79 Å². The summed E-state index contributed by atoms with van der Waals surface area (Å²) in [5.74, 6) is 0.167. The Balaban J connectivity index is 0. The van der Waals surface area contributed by atoms with E-state index >= 15 is 0 Å². The van der Waals surface area contributed by atoms with Crippen molar-refractivity contribution in [3.8, 4) is 6.07 Å². The van der Waals surface area contributed by atoms with E-state index in [1.165, 1.54) is 13.8 Å². The molecule has 56 valence electrons. The predicted octanol–water partition coefficient (Wildman–Crippen LogP) is 2.06. The summed E-state index contributed by atoms with van der Waals surface area (Å²) in [5, 5.41) is 8.54. The zero-order valence-electron chi connectivity index (χ0n) is 6.15. The van der Waals surface area contributed by atoms with Crippen LogP contribution in [0.4, 0.5) is 0 Å². The van der Waals surface area contributed by atoms with Gasteiger partial charge in [-0.25, -0.2) is 0 Å². The highest BCUT2D eigenvalue weighted by molar-refractivity contribution is 9.09. The van der Waals surface area contributed by atoms with Crippen LogP contribution in [0.15, 0.2) is 12.2 Å². The Hall–Kier alpha value is -0.620. The second-order valence-corrected chi connectivity index (χ2v) is 2.32. The number of nitrogens with zero attached hydrogens (tertiary/aromatic N) is 1. The van der Waals surface area contributed by atoms with E-state index in [9.17, 15) is 4.79 Å². The molecule has 0 amide bonds. The summed E-state index contributed by atoms with van der Waals surface area (Å²) in [7, 11) is 0. The summed E-state index contributed by atoms with van der Waals surface area (Å²) in [6.45, 7) is 6.44. The predicted molar refractivity (Wildman–Crippen MR) is 44.9 cm³/mol. The van der Waals surface area contributed by atoms with Gasteiger partial charge < -0.3 is 4.79 Å². The van der Waals surface area contributed by atoms with E-state index in [0.29, 0.717) is 10.9 Å². The lowest BCUT2D eigenvalue weighted by molar-refractivity contribution is -0.114. The van der Waals surface area contributed by atoms with Gasteiger partial charge in [0.05, 0.1) is 6.07 Å². The van der Waals surface area contributed by atoms with Crippen molar-refractivity contribution in [3.63, 3.8) is 0 Å². The molecule has 0 saturated heterocycles. The molecule has 2 nitrogen and oxygen atoms in total. The Bertz CT molecular complexity index is 153. The van der Waals surface area contributed by atoms with Gasteiger partial charge in [-0.05, 0) is 13.8 Å². The fraction of sp³-hybridized carbons (Fsp3) is 0.429. The maximum absolute atomic E-state index is 9.44. The molecule has 0 saturated carbocycles. The van der Waals surface area contributed by atoms with Crippen molar-refractivity contribution in [2.24, 2.45) is 0 Å². The van der Waals surface area contributed by atoms with Crippen LogP contribution in [0.25, 0.3) is 0 Å². The minimum Gasteiger partial charge on any atom is -0.300 e. The normalized spacial score (nSPS) is 6.60. The molecule has 0 rings (SSSR count). The molecule has 0 aromatic heterocycles. The Morgan fingerprint density at radius 2 is 2.00 bits per heavy atom. The van der Waals surface area contributed by atoms with E-state index in [2.05, 4.69) is 22.5 Å². The first-order valence-electron chi connectivity index (χ1n) is 2.65. The molecule has 0 aliphatic carbocycles. The summed E-state index contributed by atoms with van der Waals surface area (Å²) in [5.41, 5.74) is 0.565. The number of carbonyl (C=O) groups is 1. The maximum Gasteiger partial charge on any atom is 0.126 e. The summed E-state index contributed by atoms with van der Waals surface area (Å²) in [6, 6.07) is 1.87.